The summed E-state index contributed by atoms with van der Waals surface area (Å²) in [5.74, 6) is 0. The Morgan fingerprint density at radius 3 is 2.70 bits per heavy atom. The maximum absolute atomic E-state index is 9.70. The maximum Gasteiger partial charge on any atom is 0.0987 e. The Labute approximate surface area is 66.7 Å². The van der Waals surface area contributed by atoms with Crippen molar-refractivity contribution in [1.29, 1.82) is 0 Å². The number of alkyl halides is 1. The number of rotatable bonds is 1. The second-order valence-corrected chi connectivity index (χ2v) is 3.44. The smallest absolute Gasteiger partial charge is 0.0987 e. The van der Waals surface area contributed by atoms with Gasteiger partial charge in [-0.3, -0.25) is 0 Å². The molecule has 1 aliphatic rings. The van der Waals surface area contributed by atoms with E-state index in [4.69, 9.17) is 11.6 Å². The minimum absolute atomic E-state index is 0.126. The molecule has 0 aliphatic heterocycles. The van der Waals surface area contributed by atoms with Crippen molar-refractivity contribution in [2.75, 3.05) is 0 Å². The quantitative estimate of drug-likeness (QED) is 0.460. The third kappa shape index (κ3) is 1.35. The molecule has 0 aromatic rings. The molecule has 0 aromatic carbocycles. The van der Waals surface area contributed by atoms with Gasteiger partial charge in [0, 0.05) is 0 Å². The molecule has 1 N–H and O–H groups in total. The lowest BCUT2D eigenvalue weighted by atomic mass is 9.85. The van der Waals surface area contributed by atoms with E-state index in [0.717, 1.165) is 25.7 Å². The van der Waals surface area contributed by atoms with Crippen LogP contribution in [-0.2, 0) is 0 Å². The molecular weight excluding hydrogens is 148 g/mol. The zero-order valence-electron chi connectivity index (χ0n) is 6.02. The Kier molecular flexibility index (Phi) is 2.37. The molecule has 0 saturated heterocycles. The molecule has 1 saturated carbocycles. The van der Waals surface area contributed by atoms with E-state index in [0.29, 0.717) is 0 Å². The molecule has 10 heavy (non-hydrogen) atoms. The molecule has 0 bridgehead atoms. The summed E-state index contributed by atoms with van der Waals surface area (Å²) in [6, 6.07) is 0. The molecule has 1 aliphatic carbocycles. The predicted molar refractivity (Wildman–Crippen MR) is 43.3 cm³/mol. The van der Waals surface area contributed by atoms with Gasteiger partial charge in [0.1, 0.15) is 0 Å². The Morgan fingerprint density at radius 2 is 2.30 bits per heavy atom. The lowest BCUT2D eigenvalue weighted by Gasteiger charge is -2.33. The van der Waals surface area contributed by atoms with Crippen LogP contribution >= 0.6 is 11.6 Å². The van der Waals surface area contributed by atoms with E-state index in [1.807, 2.05) is 0 Å². The summed E-state index contributed by atoms with van der Waals surface area (Å²) in [5, 5.41) is 9.57. The van der Waals surface area contributed by atoms with Gasteiger partial charge in [-0.15, -0.1) is 18.2 Å². The first-order valence-electron chi connectivity index (χ1n) is 3.69. The number of hydrogen-bond acceptors (Lipinski definition) is 1. The molecule has 0 unspecified atom stereocenters. The van der Waals surface area contributed by atoms with Gasteiger partial charge in [0.15, 0.2) is 0 Å². The van der Waals surface area contributed by atoms with Crippen molar-refractivity contribution >= 4 is 11.6 Å². The topological polar surface area (TPSA) is 20.2 Å². The van der Waals surface area contributed by atoms with Crippen LogP contribution in [0.5, 0.6) is 0 Å². The van der Waals surface area contributed by atoms with Gasteiger partial charge in [0.2, 0.25) is 0 Å². The fraction of sp³-hybridized carbons (Fsp3) is 0.750. The van der Waals surface area contributed by atoms with Gasteiger partial charge in [0.25, 0.3) is 0 Å². The molecule has 0 aromatic heterocycles. The Bertz CT molecular complexity index is 135. The van der Waals surface area contributed by atoms with Gasteiger partial charge in [-0.1, -0.05) is 18.9 Å². The summed E-state index contributed by atoms with van der Waals surface area (Å²) in [6.45, 7) is 3.57. The Balaban J connectivity index is 2.62. The molecule has 2 atom stereocenters. The highest BCUT2D eigenvalue weighted by Crippen LogP contribution is 2.32. The molecule has 1 fully saturated rings. The molecule has 0 spiro atoms. The molecule has 1 rings (SSSR count). The fourth-order valence-corrected chi connectivity index (χ4v) is 1.72. The number of aliphatic hydroxyl groups is 1. The molecule has 0 heterocycles. The van der Waals surface area contributed by atoms with Crippen molar-refractivity contribution in [1.82, 2.24) is 0 Å². The first kappa shape index (κ1) is 8.09. The van der Waals surface area contributed by atoms with Crippen LogP contribution in [0.25, 0.3) is 0 Å². The summed E-state index contributed by atoms with van der Waals surface area (Å²) in [7, 11) is 0. The summed E-state index contributed by atoms with van der Waals surface area (Å²) in [5.41, 5.74) is -0.792. The van der Waals surface area contributed by atoms with Gasteiger partial charge in [-0.2, -0.15) is 0 Å². The second-order valence-electron chi connectivity index (χ2n) is 2.91. The lowest BCUT2D eigenvalue weighted by molar-refractivity contribution is 0.0560. The van der Waals surface area contributed by atoms with Crippen LogP contribution in [0, 0.1) is 0 Å². The predicted octanol–water partition coefficient (Wildman–Crippen LogP) is 2.08. The van der Waals surface area contributed by atoms with E-state index in [9.17, 15) is 5.11 Å². The largest absolute Gasteiger partial charge is 0.384 e. The minimum atomic E-state index is -0.792. The highest BCUT2D eigenvalue weighted by Gasteiger charge is 2.34. The van der Waals surface area contributed by atoms with Crippen molar-refractivity contribution in [3.63, 3.8) is 0 Å². The van der Waals surface area contributed by atoms with Crippen molar-refractivity contribution in [2.24, 2.45) is 0 Å². The van der Waals surface area contributed by atoms with Crippen LogP contribution < -0.4 is 0 Å². The normalized spacial score (nSPS) is 41.2. The zero-order chi connectivity index (χ0) is 7.61. The average Bonchev–Trinajstić information content (AvgIpc) is 1.96. The standard InChI is InChI=1S/C8H13ClO/c1-2-8(10)6-4-3-5-7(8)9/h2,7,10H,1,3-6H2/t7-,8+/m0/s1. The van der Waals surface area contributed by atoms with Crippen LogP contribution in [-0.4, -0.2) is 16.1 Å². The molecule has 1 nitrogen and oxygen atoms in total. The SMILES string of the molecule is C=C[C@@]1(O)CCCC[C@@H]1Cl. The minimum Gasteiger partial charge on any atom is -0.384 e. The van der Waals surface area contributed by atoms with Crippen LogP contribution in [0.3, 0.4) is 0 Å². The van der Waals surface area contributed by atoms with E-state index in [-0.39, 0.29) is 5.38 Å². The average molecular weight is 161 g/mol. The molecule has 0 radical (unpaired) electrons. The van der Waals surface area contributed by atoms with Crippen molar-refractivity contribution in [3.8, 4) is 0 Å². The van der Waals surface area contributed by atoms with Crippen LogP contribution in [0.4, 0.5) is 0 Å². The summed E-state index contributed by atoms with van der Waals surface area (Å²) >= 11 is 5.90. The van der Waals surface area contributed by atoms with Crippen LogP contribution in [0.1, 0.15) is 25.7 Å². The van der Waals surface area contributed by atoms with E-state index < -0.39 is 5.60 Å². The summed E-state index contributed by atoms with van der Waals surface area (Å²) in [4.78, 5) is 0. The maximum atomic E-state index is 9.70. The van der Waals surface area contributed by atoms with Gasteiger partial charge < -0.3 is 5.11 Å². The highest BCUT2D eigenvalue weighted by atomic mass is 35.5. The van der Waals surface area contributed by atoms with Crippen LogP contribution in [0.2, 0.25) is 0 Å². The summed E-state index contributed by atoms with van der Waals surface area (Å²) < 4.78 is 0. The van der Waals surface area contributed by atoms with Gasteiger partial charge in [-0.05, 0) is 12.8 Å². The first-order valence-corrected chi connectivity index (χ1v) is 4.13. The van der Waals surface area contributed by atoms with Gasteiger partial charge in [-0.25, -0.2) is 0 Å². The van der Waals surface area contributed by atoms with E-state index in [2.05, 4.69) is 6.58 Å². The fourth-order valence-electron chi connectivity index (χ4n) is 1.37. The zero-order valence-corrected chi connectivity index (χ0v) is 6.77. The second kappa shape index (κ2) is 2.93. The van der Waals surface area contributed by atoms with E-state index in [1.54, 1.807) is 6.08 Å². The third-order valence-corrected chi connectivity index (χ3v) is 2.78. The van der Waals surface area contributed by atoms with Crippen LogP contribution in [0.15, 0.2) is 12.7 Å². The van der Waals surface area contributed by atoms with Gasteiger partial charge >= 0.3 is 0 Å². The lowest BCUT2D eigenvalue weighted by Crippen LogP contribution is -2.39. The molecule has 58 valence electrons. The molecule has 0 amide bonds. The molecule has 2 heteroatoms. The van der Waals surface area contributed by atoms with Crippen molar-refractivity contribution < 1.29 is 5.11 Å². The summed E-state index contributed by atoms with van der Waals surface area (Å²) in [6.07, 6.45) is 5.44. The number of halogens is 1. The Hall–Kier alpha value is -0.0100. The van der Waals surface area contributed by atoms with Crippen molar-refractivity contribution in [3.05, 3.63) is 12.7 Å². The third-order valence-electron chi connectivity index (χ3n) is 2.18. The number of hydrogen-bond donors (Lipinski definition) is 1. The van der Waals surface area contributed by atoms with E-state index >= 15 is 0 Å². The van der Waals surface area contributed by atoms with E-state index in [1.165, 1.54) is 0 Å². The highest BCUT2D eigenvalue weighted by molar-refractivity contribution is 6.21. The Morgan fingerprint density at radius 1 is 1.60 bits per heavy atom. The molecular formula is C8H13ClO. The van der Waals surface area contributed by atoms with Gasteiger partial charge in [0.05, 0.1) is 11.0 Å². The first-order chi connectivity index (χ1) is 4.69. The monoisotopic (exact) mass is 160 g/mol. The van der Waals surface area contributed by atoms with Crippen molar-refractivity contribution in [2.45, 2.75) is 36.7 Å².